The number of nitrogens with zero attached hydrogens (tertiary/aromatic N) is 3. The number of hydrogen-bond acceptors (Lipinski definition) is 6. The molecule has 1 amide bonds. The van der Waals surface area contributed by atoms with E-state index in [9.17, 15) is 13.2 Å². The van der Waals surface area contributed by atoms with Crippen LogP contribution < -0.4 is 9.64 Å². The Kier molecular flexibility index (Phi) is 3.40. The van der Waals surface area contributed by atoms with Gasteiger partial charge in [0.05, 0.1) is 7.11 Å². The molecule has 0 aromatic carbocycles. The van der Waals surface area contributed by atoms with Crippen molar-refractivity contribution in [2.45, 2.75) is 11.7 Å². The van der Waals surface area contributed by atoms with Gasteiger partial charge >= 0.3 is 0 Å². The third-order valence-corrected chi connectivity index (χ3v) is 4.47. The lowest BCUT2D eigenvalue weighted by Crippen LogP contribution is -2.27. The zero-order valence-electron chi connectivity index (χ0n) is 9.41. The summed E-state index contributed by atoms with van der Waals surface area (Å²) in [6, 6.07) is 3.07. The Morgan fingerprint density at radius 3 is 2.61 bits per heavy atom. The number of hydrogen-bond donors (Lipinski definition) is 0. The topological polar surface area (TPSA) is 89.5 Å². The third-order valence-electron chi connectivity index (χ3n) is 2.60. The highest BCUT2D eigenvalue weighted by atomic mass is 35.7. The van der Waals surface area contributed by atoms with Gasteiger partial charge in [-0.05, 0) is 6.07 Å². The molecule has 2 rings (SSSR count). The molecule has 0 aliphatic carbocycles. The Hall–Kier alpha value is -1.41. The first-order chi connectivity index (χ1) is 8.41. The van der Waals surface area contributed by atoms with Gasteiger partial charge in [0.15, 0.2) is 5.82 Å². The van der Waals surface area contributed by atoms with Crippen LogP contribution in [0.2, 0.25) is 0 Å². The summed E-state index contributed by atoms with van der Waals surface area (Å²) in [5.41, 5.74) is 0. The first-order valence-corrected chi connectivity index (χ1v) is 7.40. The smallest absolute Gasteiger partial charge is 0.237 e. The summed E-state index contributed by atoms with van der Waals surface area (Å²) in [5.74, 6) is 0.249. The molecule has 1 aromatic rings. The van der Waals surface area contributed by atoms with Gasteiger partial charge in [-0.25, -0.2) is 8.42 Å². The van der Waals surface area contributed by atoms with Gasteiger partial charge in [-0.3, -0.25) is 9.69 Å². The molecular weight excluding hydrogens is 282 g/mol. The second-order valence-electron chi connectivity index (χ2n) is 3.74. The fourth-order valence-electron chi connectivity index (χ4n) is 1.65. The number of carbonyl (C=O) groups excluding carboxylic acids is 1. The lowest BCUT2D eigenvalue weighted by Gasteiger charge is -2.14. The molecule has 1 aliphatic heterocycles. The Morgan fingerprint density at radius 1 is 1.44 bits per heavy atom. The van der Waals surface area contributed by atoms with E-state index in [1.54, 1.807) is 0 Å². The lowest BCUT2D eigenvalue weighted by molar-refractivity contribution is -0.117. The maximum absolute atomic E-state index is 11.7. The van der Waals surface area contributed by atoms with Crippen LogP contribution in [0, 0.1) is 0 Å². The van der Waals surface area contributed by atoms with Gasteiger partial charge in [0.2, 0.25) is 20.8 Å². The maximum atomic E-state index is 11.7. The van der Waals surface area contributed by atoms with Crippen molar-refractivity contribution in [2.24, 2.45) is 0 Å². The molecule has 0 spiro atoms. The van der Waals surface area contributed by atoms with Gasteiger partial charge in [0.1, 0.15) is 5.25 Å². The summed E-state index contributed by atoms with van der Waals surface area (Å²) >= 11 is 0. The number of rotatable bonds is 3. The minimum atomic E-state index is -3.75. The molecule has 1 fully saturated rings. The van der Waals surface area contributed by atoms with E-state index in [-0.39, 0.29) is 24.7 Å². The number of amides is 1. The van der Waals surface area contributed by atoms with Gasteiger partial charge in [0, 0.05) is 29.7 Å². The van der Waals surface area contributed by atoms with E-state index in [1.807, 2.05) is 0 Å². The minimum absolute atomic E-state index is 0.00826. The molecule has 9 heteroatoms. The average molecular weight is 292 g/mol. The summed E-state index contributed by atoms with van der Waals surface area (Å²) in [6.45, 7) is -0.00826. The number of halogens is 1. The number of carbonyl (C=O) groups is 1. The van der Waals surface area contributed by atoms with Crippen molar-refractivity contribution in [3.8, 4) is 5.88 Å². The van der Waals surface area contributed by atoms with Crippen molar-refractivity contribution in [1.82, 2.24) is 10.2 Å². The summed E-state index contributed by atoms with van der Waals surface area (Å²) in [6.07, 6.45) is -0.139. The Morgan fingerprint density at radius 2 is 2.17 bits per heavy atom. The fourth-order valence-corrected chi connectivity index (χ4v) is 2.68. The van der Waals surface area contributed by atoms with Crippen LogP contribution in [0.5, 0.6) is 5.88 Å². The zero-order chi connectivity index (χ0) is 13.3. The first-order valence-electron chi connectivity index (χ1n) is 5.03. The number of aromatic nitrogens is 2. The van der Waals surface area contributed by atoms with E-state index >= 15 is 0 Å². The van der Waals surface area contributed by atoms with Crippen molar-refractivity contribution in [2.75, 3.05) is 18.6 Å². The zero-order valence-corrected chi connectivity index (χ0v) is 11.0. The Balaban J connectivity index is 2.21. The molecule has 18 heavy (non-hydrogen) atoms. The second kappa shape index (κ2) is 4.69. The maximum Gasteiger partial charge on any atom is 0.237 e. The molecular formula is C9H10ClN3O4S. The monoisotopic (exact) mass is 291 g/mol. The molecule has 0 radical (unpaired) electrons. The van der Waals surface area contributed by atoms with E-state index in [1.165, 1.54) is 24.1 Å². The molecule has 1 saturated heterocycles. The van der Waals surface area contributed by atoms with Crippen LogP contribution in [0.25, 0.3) is 0 Å². The molecule has 0 bridgehead atoms. The van der Waals surface area contributed by atoms with E-state index < -0.39 is 14.3 Å². The molecule has 2 heterocycles. The number of methoxy groups -OCH3 is 1. The highest BCUT2D eigenvalue weighted by Crippen LogP contribution is 2.25. The Bertz CT molecular complexity index is 560. The van der Waals surface area contributed by atoms with E-state index in [0.717, 1.165) is 0 Å². The van der Waals surface area contributed by atoms with Crippen molar-refractivity contribution in [1.29, 1.82) is 0 Å². The van der Waals surface area contributed by atoms with Crippen LogP contribution in [0.4, 0.5) is 5.82 Å². The van der Waals surface area contributed by atoms with E-state index in [2.05, 4.69) is 10.2 Å². The van der Waals surface area contributed by atoms with Crippen LogP contribution in [0.3, 0.4) is 0 Å². The van der Waals surface area contributed by atoms with Crippen LogP contribution in [-0.4, -0.2) is 43.4 Å². The summed E-state index contributed by atoms with van der Waals surface area (Å²) in [5, 5.41) is 6.60. The number of ether oxygens (including phenoxy) is 1. The predicted molar refractivity (Wildman–Crippen MR) is 64.1 cm³/mol. The van der Waals surface area contributed by atoms with Crippen molar-refractivity contribution < 1.29 is 17.9 Å². The molecule has 1 aromatic heterocycles. The first kappa shape index (κ1) is 13.0. The third kappa shape index (κ3) is 2.54. The van der Waals surface area contributed by atoms with Gasteiger partial charge in [-0.15, -0.1) is 10.2 Å². The minimum Gasteiger partial charge on any atom is -0.480 e. The van der Waals surface area contributed by atoms with Gasteiger partial charge < -0.3 is 4.74 Å². The van der Waals surface area contributed by atoms with Crippen LogP contribution in [-0.2, 0) is 13.8 Å². The summed E-state index contributed by atoms with van der Waals surface area (Å²) < 4.78 is 27.2. The molecule has 98 valence electrons. The van der Waals surface area contributed by atoms with Crippen molar-refractivity contribution in [3.63, 3.8) is 0 Å². The van der Waals surface area contributed by atoms with Crippen LogP contribution in [0.1, 0.15) is 6.42 Å². The largest absolute Gasteiger partial charge is 0.480 e. The average Bonchev–Trinajstić information content (AvgIpc) is 2.71. The van der Waals surface area contributed by atoms with Gasteiger partial charge in [0.25, 0.3) is 0 Å². The molecule has 0 N–H and O–H groups in total. The molecule has 1 atom stereocenters. The molecule has 1 aliphatic rings. The molecule has 0 saturated carbocycles. The SMILES string of the molecule is COc1ccc(N2CC(S(=O)(=O)Cl)CC2=O)nn1. The van der Waals surface area contributed by atoms with E-state index in [0.29, 0.717) is 5.88 Å². The van der Waals surface area contributed by atoms with E-state index in [4.69, 9.17) is 15.4 Å². The fraction of sp³-hybridized carbons (Fsp3) is 0.444. The van der Waals surface area contributed by atoms with Crippen molar-refractivity contribution in [3.05, 3.63) is 12.1 Å². The summed E-state index contributed by atoms with van der Waals surface area (Å²) in [7, 11) is 2.94. The van der Waals surface area contributed by atoms with Crippen LogP contribution >= 0.6 is 10.7 Å². The number of anilines is 1. The highest BCUT2D eigenvalue weighted by molar-refractivity contribution is 8.14. The quantitative estimate of drug-likeness (QED) is 0.737. The molecule has 1 unspecified atom stereocenters. The van der Waals surface area contributed by atoms with Crippen molar-refractivity contribution >= 4 is 31.5 Å². The predicted octanol–water partition coefficient (Wildman–Crippen LogP) is 0.159. The van der Waals surface area contributed by atoms with Crippen LogP contribution in [0.15, 0.2) is 12.1 Å². The highest BCUT2D eigenvalue weighted by Gasteiger charge is 2.38. The second-order valence-corrected chi connectivity index (χ2v) is 6.65. The normalized spacial score (nSPS) is 20.2. The van der Waals surface area contributed by atoms with Gasteiger partial charge in [-0.2, -0.15) is 0 Å². The standard InChI is InChI=1S/C9H10ClN3O4S/c1-17-8-3-2-7(11-12-8)13-5-6(4-9(13)14)18(10,15)16/h2-3,6H,4-5H2,1H3. The summed E-state index contributed by atoms with van der Waals surface area (Å²) in [4.78, 5) is 12.9. The Labute approximate surface area is 108 Å². The molecule has 7 nitrogen and oxygen atoms in total. The van der Waals surface area contributed by atoms with Gasteiger partial charge in [-0.1, -0.05) is 0 Å². The lowest BCUT2D eigenvalue weighted by atomic mass is 10.4.